The molecule has 3 heterocycles. The van der Waals surface area contributed by atoms with E-state index in [9.17, 15) is 14.9 Å². The lowest BCUT2D eigenvalue weighted by molar-refractivity contribution is -0.123. The zero-order valence-electron chi connectivity index (χ0n) is 16.5. The minimum atomic E-state index is -0.338. The molecule has 156 valence electrons. The van der Waals surface area contributed by atoms with Crippen LogP contribution in [0.4, 0.5) is 10.7 Å². The number of thiazole rings is 1. The topological polar surface area (TPSA) is 95.3 Å². The van der Waals surface area contributed by atoms with Gasteiger partial charge in [-0.05, 0) is 49.4 Å². The van der Waals surface area contributed by atoms with Crippen LogP contribution in [0.25, 0.3) is 11.3 Å². The lowest BCUT2D eigenvalue weighted by Gasteiger charge is -2.29. The van der Waals surface area contributed by atoms with Gasteiger partial charge < -0.3 is 10.1 Å². The van der Waals surface area contributed by atoms with Crippen LogP contribution in [0, 0.1) is 11.3 Å². The molecule has 2 amide bonds. The molecule has 0 saturated carbocycles. The van der Waals surface area contributed by atoms with Crippen LogP contribution in [0.15, 0.2) is 29.1 Å². The number of carbonyl (C=O) groups excluding carboxylic acids is 2. The maximum Gasteiger partial charge on any atom is 0.265 e. The van der Waals surface area contributed by atoms with Gasteiger partial charge in [-0.2, -0.15) is 5.26 Å². The van der Waals surface area contributed by atoms with Gasteiger partial charge in [0, 0.05) is 15.8 Å². The summed E-state index contributed by atoms with van der Waals surface area (Å²) >= 11 is 2.96. The van der Waals surface area contributed by atoms with Crippen LogP contribution in [0.2, 0.25) is 0 Å². The molecule has 0 radical (unpaired) electrons. The number of benzene rings is 1. The van der Waals surface area contributed by atoms with Crippen LogP contribution >= 0.6 is 22.7 Å². The summed E-state index contributed by atoms with van der Waals surface area (Å²) in [5, 5.41) is 15.0. The van der Waals surface area contributed by atoms with Gasteiger partial charge in [-0.3, -0.25) is 14.5 Å². The molecule has 0 saturated heterocycles. The third-order valence-electron chi connectivity index (χ3n) is 5.47. The van der Waals surface area contributed by atoms with Crippen molar-refractivity contribution in [3.63, 3.8) is 0 Å². The first-order valence-electron chi connectivity index (χ1n) is 9.94. The average molecular weight is 451 g/mol. The SMILES string of the molecule is N#Cc1c(NC(=O)CN2C(=O)COc3ccc(-c4cscn4)cc32)sc2c1CCCC2. The Morgan fingerprint density at radius 1 is 1.32 bits per heavy atom. The Balaban J connectivity index is 1.40. The summed E-state index contributed by atoms with van der Waals surface area (Å²) in [6, 6.07) is 7.75. The maximum atomic E-state index is 12.9. The first-order valence-corrected chi connectivity index (χ1v) is 11.7. The van der Waals surface area contributed by atoms with Gasteiger partial charge in [0.05, 0.1) is 22.5 Å². The first-order chi connectivity index (χ1) is 15.1. The Morgan fingerprint density at radius 3 is 3.00 bits per heavy atom. The second kappa shape index (κ2) is 8.13. The minimum absolute atomic E-state index is 0.118. The summed E-state index contributed by atoms with van der Waals surface area (Å²) in [5.41, 5.74) is 5.57. The van der Waals surface area contributed by atoms with Crippen LogP contribution in [-0.2, 0) is 22.4 Å². The number of nitrogens with zero attached hydrogens (tertiary/aromatic N) is 3. The summed E-state index contributed by atoms with van der Waals surface area (Å²) in [6.45, 7) is -0.268. The molecule has 9 heteroatoms. The van der Waals surface area contributed by atoms with Crippen molar-refractivity contribution in [2.75, 3.05) is 23.4 Å². The lowest BCUT2D eigenvalue weighted by atomic mass is 9.96. The minimum Gasteiger partial charge on any atom is -0.482 e. The number of rotatable bonds is 4. The van der Waals surface area contributed by atoms with Crippen molar-refractivity contribution in [1.29, 1.82) is 5.26 Å². The molecule has 3 aromatic rings. The van der Waals surface area contributed by atoms with Crippen molar-refractivity contribution in [2.24, 2.45) is 0 Å². The van der Waals surface area contributed by atoms with Gasteiger partial charge in [0.2, 0.25) is 5.91 Å². The quantitative estimate of drug-likeness (QED) is 0.649. The molecular weight excluding hydrogens is 432 g/mol. The summed E-state index contributed by atoms with van der Waals surface area (Å²) in [5.74, 6) is -0.0740. The van der Waals surface area contributed by atoms with Crippen molar-refractivity contribution < 1.29 is 14.3 Å². The van der Waals surface area contributed by atoms with Crippen molar-refractivity contribution >= 4 is 45.2 Å². The predicted octanol–water partition coefficient (Wildman–Crippen LogP) is 3.99. The molecule has 1 aromatic carbocycles. The second-order valence-electron chi connectivity index (χ2n) is 7.40. The summed E-state index contributed by atoms with van der Waals surface area (Å²) in [4.78, 5) is 32.4. The normalized spacial score (nSPS) is 14.9. The molecule has 0 atom stereocenters. The number of hydrogen-bond acceptors (Lipinski definition) is 7. The average Bonchev–Trinajstić information content (AvgIpc) is 3.43. The lowest BCUT2D eigenvalue weighted by Crippen LogP contribution is -2.43. The number of aromatic nitrogens is 1. The molecule has 5 rings (SSSR count). The van der Waals surface area contributed by atoms with E-state index in [0.717, 1.165) is 42.5 Å². The Hall–Kier alpha value is -3.22. The molecule has 0 spiro atoms. The van der Waals surface area contributed by atoms with Crippen molar-refractivity contribution in [3.8, 4) is 23.1 Å². The number of ether oxygens (including phenoxy) is 1. The predicted molar refractivity (Wildman–Crippen MR) is 120 cm³/mol. The highest BCUT2D eigenvalue weighted by molar-refractivity contribution is 7.16. The van der Waals surface area contributed by atoms with Gasteiger partial charge in [0.1, 0.15) is 23.4 Å². The van der Waals surface area contributed by atoms with Gasteiger partial charge in [-0.15, -0.1) is 22.7 Å². The number of aryl methyl sites for hydroxylation is 1. The maximum absolute atomic E-state index is 12.9. The molecule has 2 aliphatic rings. The van der Waals surface area contributed by atoms with E-state index in [2.05, 4.69) is 16.4 Å². The molecule has 0 bridgehead atoms. The van der Waals surface area contributed by atoms with E-state index < -0.39 is 0 Å². The van der Waals surface area contributed by atoms with Gasteiger partial charge in [-0.25, -0.2) is 4.98 Å². The molecule has 0 fully saturated rings. The van der Waals surface area contributed by atoms with Crippen LogP contribution < -0.4 is 15.0 Å². The molecule has 0 unspecified atom stereocenters. The molecule has 1 aliphatic heterocycles. The number of nitrogens with one attached hydrogen (secondary N) is 1. The highest BCUT2D eigenvalue weighted by Crippen LogP contribution is 2.38. The summed E-state index contributed by atoms with van der Waals surface area (Å²) in [7, 11) is 0. The third-order valence-corrected chi connectivity index (χ3v) is 7.26. The Bertz CT molecular complexity index is 1210. The smallest absolute Gasteiger partial charge is 0.265 e. The number of amides is 2. The van der Waals surface area contributed by atoms with Gasteiger partial charge >= 0.3 is 0 Å². The van der Waals surface area contributed by atoms with Gasteiger partial charge in [0.25, 0.3) is 5.91 Å². The van der Waals surface area contributed by atoms with Crippen molar-refractivity contribution in [2.45, 2.75) is 25.7 Å². The number of fused-ring (bicyclic) bond motifs is 2. The zero-order valence-corrected chi connectivity index (χ0v) is 18.1. The fourth-order valence-electron chi connectivity index (χ4n) is 3.97. The Kier molecular flexibility index (Phi) is 5.18. The van der Waals surface area contributed by atoms with E-state index in [4.69, 9.17) is 4.74 Å². The van der Waals surface area contributed by atoms with Crippen LogP contribution in [0.5, 0.6) is 5.75 Å². The van der Waals surface area contributed by atoms with E-state index in [0.29, 0.717) is 22.0 Å². The van der Waals surface area contributed by atoms with Crippen molar-refractivity contribution in [1.82, 2.24) is 4.98 Å². The molecular formula is C22H18N4O3S2. The molecule has 1 N–H and O–H groups in total. The molecule has 1 aliphatic carbocycles. The highest BCUT2D eigenvalue weighted by atomic mass is 32.1. The number of anilines is 2. The highest BCUT2D eigenvalue weighted by Gasteiger charge is 2.29. The largest absolute Gasteiger partial charge is 0.482 e. The fraction of sp³-hybridized carbons (Fsp3) is 0.273. The number of carbonyl (C=O) groups is 2. The third kappa shape index (κ3) is 3.69. The van der Waals surface area contributed by atoms with E-state index in [1.807, 2.05) is 17.5 Å². The molecule has 7 nitrogen and oxygen atoms in total. The zero-order chi connectivity index (χ0) is 21.4. The standard InChI is InChI=1S/C22H18N4O3S2/c23-8-15-14-3-1-2-4-19(14)31-22(15)25-20(27)9-26-17-7-13(16-11-30-12-24-16)5-6-18(17)29-10-21(26)28/h5-7,11-12H,1-4,9-10H2,(H,25,27). The van der Waals surface area contributed by atoms with Crippen LogP contribution in [0.1, 0.15) is 28.8 Å². The van der Waals surface area contributed by atoms with E-state index in [1.165, 1.54) is 32.5 Å². The first kappa shape index (κ1) is 19.7. The summed E-state index contributed by atoms with van der Waals surface area (Å²) < 4.78 is 5.55. The monoisotopic (exact) mass is 450 g/mol. The van der Waals surface area contributed by atoms with Crippen molar-refractivity contribution in [3.05, 3.63) is 45.1 Å². The van der Waals surface area contributed by atoms with E-state index in [-0.39, 0.29) is 25.0 Å². The number of thiophene rings is 1. The number of hydrogen-bond donors (Lipinski definition) is 1. The van der Waals surface area contributed by atoms with Crippen LogP contribution in [0.3, 0.4) is 0 Å². The summed E-state index contributed by atoms with van der Waals surface area (Å²) in [6.07, 6.45) is 3.98. The fourth-order valence-corrected chi connectivity index (χ4v) is 5.79. The Morgan fingerprint density at radius 2 is 2.19 bits per heavy atom. The number of nitriles is 1. The van der Waals surface area contributed by atoms with Gasteiger partial charge in [-0.1, -0.05) is 0 Å². The van der Waals surface area contributed by atoms with E-state index in [1.54, 1.807) is 11.6 Å². The van der Waals surface area contributed by atoms with Crippen LogP contribution in [-0.4, -0.2) is 29.9 Å². The second-order valence-corrected chi connectivity index (χ2v) is 9.22. The molecule has 2 aromatic heterocycles. The van der Waals surface area contributed by atoms with E-state index >= 15 is 0 Å². The molecule has 31 heavy (non-hydrogen) atoms. The Labute approximate surface area is 186 Å². The van der Waals surface area contributed by atoms with Gasteiger partial charge in [0.15, 0.2) is 6.61 Å².